The van der Waals surface area contributed by atoms with Crippen LogP contribution in [-0.4, -0.2) is 11.5 Å². The van der Waals surface area contributed by atoms with Crippen LogP contribution in [0, 0.1) is 0 Å². The molecule has 0 spiro atoms. The van der Waals surface area contributed by atoms with Crippen LogP contribution in [0.15, 0.2) is 42.5 Å². The van der Waals surface area contributed by atoms with Crippen molar-refractivity contribution in [3.05, 3.63) is 48.0 Å². The number of allylic oxidation sites excluding steroid dienone is 1. The summed E-state index contributed by atoms with van der Waals surface area (Å²) >= 11 is 0. The number of ketones is 1. The number of Topliss-reactive ketones (excluding diaryl/α,β-unsaturated/α-hetero) is 1. The van der Waals surface area contributed by atoms with Crippen LogP contribution < -0.4 is 0 Å². The molecule has 0 fully saturated rings. The van der Waals surface area contributed by atoms with Crippen LogP contribution in [-0.2, 0) is 0 Å². The Morgan fingerprint density at radius 3 is 2.40 bits per heavy atom. The van der Waals surface area contributed by atoms with E-state index in [1.165, 1.54) is 6.92 Å². The van der Waals surface area contributed by atoms with Gasteiger partial charge in [0.25, 0.3) is 0 Å². The average Bonchev–Trinajstić information content (AvgIpc) is 2.16. The highest BCUT2D eigenvalue weighted by Crippen LogP contribution is 2.24. The van der Waals surface area contributed by atoms with Crippen molar-refractivity contribution in [2.45, 2.75) is 25.9 Å². The molecule has 0 radical (unpaired) electrons. The number of halogens is 1. The zero-order chi connectivity index (χ0) is 11.5. The molecule has 1 nitrogen and oxygen atoms in total. The summed E-state index contributed by atoms with van der Waals surface area (Å²) in [4.78, 5) is 11.8. The van der Waals surface area contributed by atoms with Crippen LogP contribution in [0.25, 0.3) is 0 Å². The molecule has 0 aliphatic heterocycles. The van der Waals surface area contributed by atoms with Gasteiger partial charge >= 0.3 is 0 Å². The molecule has 0 unspecified atom stereocenters. The summed E-state index contributed by atoms with van der Waals surface area (Å²) in [5.74, 6) is -0.480. The Bertz CT molecular complexity index is 365. The zero-order valence-electron chi connectivity index (χ0n) is 9.09. The Hall–Kier alpha value is -1.44. The summed E-state index contributed by atoms with van der Waals surface area (Å²) in [5.41, 5.74) is -0.777. The van der Waals surface area contributed by atoms with E-state index in [0.29, 0.717) is 11.1 Å². The van der Waals surface area contributed by atoms with Gasteiger partial charge in [-0.05, 0) is 13.8 Å². The Labute approximate surface area is 89.6 Å². The largest absolute Gasteiger partial charge is 0.291 e. The van der Waals surface area contributed by atoms with E-state index in [1.807, 2.05) is 0 Å². The summed E-state index contributed by atoms with van der Waals surface area (Å²) in [6.45, 7) is 6.65. The molecule has 80 valence electrons. The predicted octanol–water partition coefficient (Wildman–Crippen LogP) is 3.56. The number of benzene rings is 1. The van der Waals surface area contributed by atoms with Crippen molar-refractivity contribution in [1.82, 2.24) is 0 Å². The van der Waals surface area contributed by atoms with E-state index in [-0.39, 0.29) is 6.42 Å². The smallest absolute Gasteiger partial charge is 0.200 e. The van der Waals surface area contributed by atoms with Gasteiger partial charge in [-0.1, -0.05) is 35.9 Å². The molecular formula is C13H15FO. The van der Waals surface area contributed by atoms with Gasteiger partial charge in [0.2, 0.25) is 0 Å². The fourth-order valence-electron chi connectivity index (χ4n) is 1.54. The number of carbonyl (C=O) groups is 1. The molecule has 0 heterocycles. The monoisotopic (exact) mass is 206 g/mol. The number of alkyl halides is 1. The zero-order valence-corrected chi connectivity index (χ0v) is 9.09. The summed E-state index contributed by atoms with van der Waals surface area (Å²) in [6, 6.07) is 8.50. The second kappa shape index (κ2) is 4.39. The summed E-state index contributed by atoms with van der Waals surface area (Å²) in [6.07, 6.45) is 0.0702. The van der Waals surface area contributed by atoms with Crippen molar-refractivity contribution in [3.63, 3.8) is 0 Å². The molecule has 15 heavy (non-hydrogen) atoms. The van der Waals surface area contributed by atoms with E-state index in [9.17, 15) is 9.18 Å². The number of hydrogen-bond acceptors (Lipinski definition) is 1. The molecule has 0 N–H and O–H groups in total. The topological polar surface area (TPSA) is 17.1 Å². The van der Waals surface area contributed by atoms with Gasteiger partial charge in [0, 0.05) is 12.0 Å². The molecular weight excluding hydrogens is 191 g/mol. The highest BCUT2D eigenvalue weighted by atomic mass is 19.1. The average molecular weight is 206 g/mol. The Morgan fingerprint density at radius 2 is 1.93 bits per heavy atom. The summed E-state index contributed by atoms with van der Waals surface area (Å²) in [5, 5.41) is 0. The van der Waals surface area contributed by atoms with E-state index in [4.69, 9.17) is 0 Å². The molecule has 1 atom stereocenters. The predicted molar refractivity (Wildman–Crippen MR) is 59.7 cm³/mol. The van der Waals surface area contributed by atoms with Crippen molar-refractivity contribution < 1.29 is 9.18 Å². The fraction of sp³-hybridized carbons (Fsp3) is 0.308. The van der Waals surface area contributed by atoms with E-state index >= 15 is 0 Å². The van der Waals surface area contributed by atoms with Gasteiger partial charge in [-0.3, -0.25) is 4.79 Å². The third-order valence-electron chi connectivity index (χ3n) is 2.14. The van der Waals surface area contributed by atoms with Gasteiger partial charge in [0.15, 0.2) is 11.5 Å². The van der Waals surface area contributed by atoms with Crippen molar-refractivity contribution in [2.75, 3.05) is 0 Å². The number of carbonyl (C=O) groups excluding carboxylic acids is 1. The van der Waals surface area contributed by atoms with Crippen molar-refractivity contribution in [3.8, 4) is 0 Å². The van der Waals surface area contributed by atoms with E-state index < -0.39 is 11.5 Å². The van der Waals surface area contributed by atoms with Crippen LogP contribution in [0.4, 0.5) is 4.39 Å². The lowest BCUT2D eigenvalue weighted by molar-refractivity contribution is 0.0724. The molecule has 2 heteroatoms. The highest BCUT2D eigenvalue weighted by Gasteiger charge is 2.33. The minimum absolute atomic E-state index is 0.0702. The molecule has 0 aliphatic carbocycles. The summed E-state index contributed by atoms with van der Waals surface area (Å²) < 4.78 is 14.0. The summed E-state index contributed by atoms with van der Waals surface area (Å²) in [7, 11) is 0. The fourth-order valence-corrected chi connectivity index (χ4v) is 1.54. The first-order valence-electron chi connectivity index (χ1n) is 4.86. The van der Waals surface area contributed by atoms with Gasteiger partial charge in [-0.2, -0.15) is 0 Å². The lowest BCUT2D eigenvalue weighted by atomic mass is 9.91. The number of hydrogen-bond donors (Lipinski definition) is 0. The number of rotatable bonds is 4. The van der Waals surface area contributed by atoms with Crippen molar-refractivity contribution >= 4 is 5.78 Å². The van der Waals surface area contributed by atoms with Crippen LogP contribution in [0.2, 0.25) is 0 Å². The first-order valence-corrected chi connectivity index (χ1v) is 4.86. The Balaban J connectivity index is 2.89. The molecule has 1 rings (SSSR count). The van der Waals surface area contributed by atoms with Gasteiger partial charge in [0.1, 0.15) is 0 Å². The molecule has 0 bridgehead atoms. The standard InChI is InChI=1S/C13H15FO/c1-10(2)9-13(3,14)12(15)11-7-5-4-6-8-11/h4-8H,1,9H2,2-3H3/t13-/m0/s1. The van der Waals surface area contributed by atoms with Gasteiger partial charge in [-0.15, -0.1) is 6.58 Å². The SMILES string of the molecule is C=C(C)C[C@](C)(F)C(=O)c1ccccc1. The minimum Gasteiger partial charge on any atom is -0.291 e. The van der Waals surface area contributed by atoms with Crippen LogP contribution in [0.3, 0.4) is 0 Å². The molecule has 0 aliphatic rings. The van der Waals surface area contributed by atoms with E-state index in [0.717, 1.165) is 0 Å². The molecule has 1 aromatic rings. The first kappa shape index (κ1) is 11.6. The second-order valence-corrected chi connectivity index (χ2v) is 4.03. The second-order valence-electron chi connectivity index (χ2n) is 4.03. The van der Waals surface area contributed by atoms with Gasteiger partial charge in [-0.25, -0.2) is 4.39 Å². The normalized spacial score (nSPS) is 14.3. The maximum atomic E-state index is 14.0. The van der Waals surface area contributed by atoms with Gasteiger partial charge < -0.3 is 0 Å². The van der Waals surface area contributed by atoms with Crippen molar-refractivity contribution in [1.29, 1.82) is 0 Å². The molecule has 1 aromatic carbocycles. The molecule has 0 amide bonds. The molecule has 0 aromatic heterocycles. The van der Waals surface area contributed by atoms with Crippen LogP contribution >= 0.6 is 0 Å². The minimum atomic E-state index is -1.85. The maximum absolute atomic E-state index is 14.0. The lowest BCUT2D eigenvalue weighted by Gasteiger charge is -2.18. The maximum Gasteiger partial charge on any atom is 0.200 e. The third kappa shape index (κ3) is 3.01. The Morgan fingerprint density at radius 1 is 1.40 bits per heavy atom. The molecule has 0 saturated carbocycles. The molecule has 0 saturated heterocycles. The first-order chi connectivity index (χ1) is 6.93. The quantitative estimate of drug-likeness (QED) is 0.543. The van der Waals surface area contributed by atoms with E-state index in [1.54, 1.807) is 37.3 Å². The lowest BCUT2D eigenvalue weighted by Crippen LogP contribution is -2.30. The van der Waals surface area contributed by atoms with Crippen LogP contribution in [0.5, 0.6) is 0 Å². The highest BCUT2D eigenvalue weighted by molar-refractivity contribution is 6.02. The van der Waals surface area contributed by atoms with Crippen LogP contribution in [0.1, 0.15) is 30.6 Å². The Kier molecular flexibility index (Phi) is 3.40. The van der Waals surface area contributed by atoms with Gasteiger partial charge in [0.05, 0.1) is 0 Å². The van der Waals surface area contributed by atoms with Crippen molar-refractivity contribution in [2.24, 2.45) is 0 Å². The van der Waals surface area contributed by atoms with E-state index in [2.05, 4.69) is 6.58 Å². The third-order valence-corrected chi connectivity index (χ3v) is 2.14.